The molecule has 7 nitrogen and oxygen atoms in total. The minimum Gasteiger partial charge on any atom is -0.497 e. The van der Waals surface area contributed by atoms with E-state index >= 15 is 0 Å². The summed E-state index contributed by atoms with van der Waals surface area (Å²) in [6.07, 6.45) is 0. The minimum absolute atomic E-state index is 0.155. The molecule has 0 saturated heterocycles. The van der Waals surface area contributed by atoms with Crippen LogP contribution < -0.4 is 10.5 Å². The van der Waals surface area contributed by atoms with Crippen molar-refractivity contribution in [1.29, 1.82) is 0 Å². The van der Waals surface area contributed by atoms with E-state index in [0.29, 0.717) is 22.2 Å². The first-order valence-electron chi connectivity index (χ1n) is 7.24. The molecule has 3 aromatic carbocycles. The van der Waals surface area contributed by atoms with E-state index in [4.69, 9.17) is 10.5 Å². The Bertz CT molecular complexity index is 1060. The van der Waals surface area contributed by atoms with Gasteiger partial charge in [0.25, 0.3) is 10.1 Å². The van der Waals surface area contributed by atoms with Crippen LogP contribution in [0.1, 0.15) is 0 Å². The average Bonchev–Trinajstić information content (AvgIpc) is 2.61. The van der Waals surface area contributed by atoms with E-state index < -0.39 is 10.1 Å². The van der Waals surface area contributed by atoms with E-state index in [-0.39, 0.29) is 16.3 Å². The Labute approximate surface area is 144 Å². The fraction of sp³-hybridized carbons (Fsp3) is 0.0588. The lowest BCUT2D eigenvalue weighted by Gasteiger charge is -2.09. The molecular weight excluding hydrogens is 342 g/mol. The highest BCUT2D eigenvalue weighted by atomic mass is 32.2. The molecule has 0 aliphatic carbocycles. The second-order valence-electron chi connectivity index (χ2n) is 5.23. The van der Waals surface area contributed by atoms with Crippen LogP contribution in [-0.2, 0) is 10.1 Å². The van der Waals surface area contributed by atoms with Crippen LogP contribution in [0.15, 0.2) is 69.7 Å². The standard InChI is InChI=1S/C17H15N3O4S/c1-24-12-8-6-11(7-9-12)19-20-15-10-16(25(21,22)23)13-4-2-3-5-14(13)17(15)18/h2-10H,18H2,1H3,(H,21,22,23). The fourth-order valence-corrected chi connectivity index (χ4v) is 3.12. The van der Waals surface area contributed by atoms with Crippen molar-refractivity contribution in [3.05, 3.63) is 54.6 Å². The van der Waals surface area contributed by atoms with Crippen molar-refractivity contribution in [3.8, 4) is 5.75 Å². The molecule has 0 bridgehead atoms. The summed E-state index contributed by atoms with van der Waals surface area (Å²) in [5.74, 6) is 0.679. The molecule has 0 unspecified atom stereocenters. The van der Waals surface area contributed by atoms with Gasteiger partial charge in [-0.05, 0) is 30.3 Å². The molecule has 0 atom stereocenters. The monoisotopic (exact) mass is 357 g/mol. The summed E-state index contributed by atoms with van der Waals surface area (Å²) in [5.41, 5.74) is 7.07. The van der Waals surface area contributed by atoms with Gasteiger partial charge in [0.2, 0.25) is 0 Å². The number of nitrogens with zero attached hydrogens (tertiary/aromatic N) is 2. The van der Waals surface area contributed by atoms with Crippen LogP contribution in [0.2, 0.25) is 0 Å². The van der Waals surface area contributed by atoms with Crippen LogP contribution in [0.3, 0.4) is 0 Å². The molecule has 3 rings (SSSR count). The number of fused-ring (bicyclic) bond motifs is 1. The summed E-state index contributed by atoms with van der Waals surface area (Å²) in [6.45, 7) is 0. The van der Waals surface area contributed by atoms with Crippen molar-refractivity contribution >= 4 is 38.0 Å². The number of benzene rings is 3. The molecule has 0 aromatic heterocycles. The Hall–Kier alpha value is -2.97. The summed E-state index contributed by atoms with van der Waals surface area (Å²) in [7, 11) is -2.88. The molecule has 0 aliphatic heterocycles. The van der Waals surface area contributed by atoms with Gasteiger partial charge in [0.1, 0.15) is 16.3 Å². The molecule has 0 amide bonds. The van der Waals surface area contributed by atoms with Gasteiger partial charge in [0.05, 0.1) is 18.5 Å². The number of ether oxygens (including phenoxy) is 1. The second-order valence-corrected chi connectivity index (χ2v) is 6.62. The van der Waals surface area contributed by atoms with Crippen LogP contribution in [-0.4, -0.2) is 20.1 Å². The van der Waals surface area contributed by atoms with E-state index in [1.165, 1.54) is 6.07 Å². The van der Waals surface area contributed by atoms with Crippen molar-refractivity contribution in [3.63, 3.8) is 0 Å². The molecule has 0 aliphatic rings. The van der Waals surface area contributed by atoms with Crippen LogP contribution in [0.25, 0.3) is 10.8 Å². The molecule has 3 N–H and O–H groups in total. The predicted octanol–water partition coefficient (Wildman–Crippen LogP) is 4.09. The van der Waals surface area contributed by atoms with Gasteiger partial charge in [0.15, 0.2) is 0 Å². The van der Waals surface area contributed by atoms with Gasteiger partial charge >= 0.3 is 0 Å². The predicted molar refractivity (Wildman–Crippen MR) is 95.3 cm³/mol. The Morgan fingerprint density at radius 1 is 1.00 bits per heavy atom. The summed E-state index contributed by atoms with van der Waals surface area (Å²) in [6, 6.07) is 14.7. The summed E-state index contributed by atoms with van der Waals surface area (Å²) in [4.78, 5) is -0.263. The molecule has 0 radical (unpaired) electrons. The normalized spacial score (nSPS) is 11.9. The van der Waals surface area contributed by atoms with Crippen molar-refractivity contribution in [1.82, 2.24) is 0 Å². The third kappa shape index (κ3) is 3.44. The lowest BCUT2D eigenvalue weighted by atomic mass is 10.1. The van der Waals surface area contributed by atoms with E-state index in [9.17, 15) is 13.0 Å². The maximum Gasteiger partial charge on any atom is 0.295 e. The Balaban J connectivity index is 2.12. The van der Waals surface area contributed by atoms with E-state index in [0.717, 1.165) is 0 Å². The highest BCUT2D eigenvalue weighted by Gasteiger charge is 2.18. The van der Waals surface area contributed by atoms with Crippen molar-refractivity contribution in [2.45, 2.75) is 4.90 Å². The Kier molecular flexibility index (Phi) is 4.39. The maximum absolute atomic E-state index is 11.7. The average molecular weight is 357 g/mol. The number of hydrogen-bond donors (Lipinski definition) is 2. The molecular formula is C17H15N3O4S. The van der Waals surface area contributed by atoms with Crippen LogP contribution in [0, 0.1) is 0 Å². The van der Waals surface area contributed by atoms with Gasteiger partial charge in [0, 0.05) is 10.8 Å². The molecule has 0 saturated carbocycles. The number of nitrogens with two attached hydrogens (primary N) is 1. The zero-order chi connectivity index (χ0) is 18.0. The molecule has 128 valence electrons. The smallest absolute Gasteiger partial charge is 0.295 e. The lowest BCUT2D eigenvalue weighted by molar-refractivity contribution is 0.415. The van der Waals surface area contributed by atoms with Gasteiger partial charge < -0.3 is 10.5 Å². The first-order valence-corrected chi connectivity index (χ1v) is 8.68. The van der Waals surface area contributed by atoms with Crippen LogP contribution in [0.5, 0.6) is 5.75 Å². The summed E-state index contributed by atoms with van der Waals surface area (Å²) in [5, 5.41) is 8.89. The van der Waals surface area contributed by atoms with Crippen molar-refractivity contribution < 1.29 is 17.7 Å². The van der Waals surface area contributed by atoms with Gasteiger partial charge in [-0.15, -0.1) is 5.11 Å². The SMILES string of the molecule is COc1ccc(N=Nc2cc(S(=O)(=O)O)c3ccccc3c2N)cc1. The van der Waals surface area contributed by atoms with Crippen molar-refractivity contribution in [2.24, 2.45) is 10.2 Å². The highest BCUT2D eigenvalue weighted by Crippen LogP contribution is 2.36. The topological polar surface area (TPSA) is 114 Å². The first kappa shape index (κ1) is 16.9. The van der Waals surface area contributed by atoms with Gasteiger partial charge in [-0.3, -0.25) is 4.55 Å². The van der Waals surface area contributed by atoms with E-state index in [2.05, 4.69) is 10.2 Å². The van der Waals surface area contributed by atoms with Crippen molar-refractivity contribution in [2.75, 3.05) is 12.8 Å². The molecule has 0 fully saturated rings. The Morgan fingerprint density at radius 2 is 1.64 bits per heavy atom. The largest absolute Gasteiger partial charge is 0.497 e. The summed E-state index contributed by atoms with van der Waals surface area (Å²) < 4.78 is 37.9. The molecule has 8 heteroatoms. The Morgan fingerprint density at radius 3 is 2.24 bits per heavy atom. The molecule has 0 spiro atoms. The number of nitrogen functional groups attached to an aromatic ring is 1. The minimum atomic E-state index is -4.43. The van der Waals surface area contributed by atoms with Gasteiger partial charge in [-0.25, -0.2) is 0 Å². The number of azo groups is 1. The molecule has 3 aromatic rings. The molecule has 25 heavy (non-hydrogen) atoms. The maximum atomic E-state index is 11.7. The van der Waals surface area contributed by atoms with Gasteiger partial charge in [-0.1, -0.05) is 24.3 Å². The summed E-state index contributed by atoms with van der Waals surface area (Å²) >= 11 is 0. The lowest BCUT2D eigenvalue weighted by Crippen LogP contribution is -2.01. The highest BCUT2D eigenvalue weighted by molar-refractivity contribution is 7.86. The molecule has 0 heterocycles. The number of methoxy groups -OCH3 is 1. The third-order valence-electron chi connectivity index (χ3n) is 3.65. The zero-order valence-electron chi connectivity index (χ0n) is 13.2. The number of rotatable bonds is 4. The second kappa shape index (κ2) is 6.50. The fourth-order valence-electron chi connectivity index (χ4n) is 2.41. The number of hydrogen-bond acceptors (Lipinski definition) is 6. The quantitative estimate of drug-likeness (QED) is 0.414. The van der Waals surface area contributed by atoms with Crippen LogP contribution in [0.4, 0.5) is 17.1 Å². The first-order chi connectivity index (χ1) is 11.9. The van der Waals surface area contributed by atoms with E-state index in [1.807, 2.05) is 0 Å². The zero-order valence-corrected chi connectivity index (χ0v) is 14.1. The number of anilines is 1. The van der Waals surface area contributed by atoms with Crippen LogP contribution >= 0.6 is 0 Å². The third-order valence-corrected chi connectivity index (χ3v) is 4.54. The van der Waals surface area contributed by atoms with Gasteiger partial charge in [-0.2, -0.15) is 13.5 Å². The van der Waals surface area contributed by atoms with E-state index in [1.54, 1.807) is 55.6 Å².